The fourth-order valence-electron chi connectivity index (χ4n) is 2.49. The zero-order chi connectivity index (χ0) is 23.2. The van der Waals surface area contributed by atoms with Crippen LogP contribution in [-0.2, 0) is 20.0 Å². The van der Waals surface area contributed by atoms with Crippen molar-refractivity contribution in [3.63, 3.8) is 0 Å². The van der Waals surface area contributed by atoms with Gasteiger partial charge in [-0.25, -0.2) is 21.6 Å². The Morgan fingerprint density at radius 2 is 1.47 bits per heavy atom. The van der Waals surface area contributed by atoms with Gasteiger partial charge in [-0.2, -0.15) is 0 Å². The van der Waals surface area contributed by atoms with Crippen LogP contribution in [0.1, 0.15) is 10.4 Å². The number of carboxylic acid groups (broad SMARTS) is 1. The number of halogens is 3. The molecule has 1 aromatic heterocycles. The molecule has 0 saturated heterocycles. The number of aromatic carboxylic acids is 1. The smallest absolute Gasteiger partial charge is 0.744 e. The van der Waals surface area contributed by atoms with Crippen LogP contribution in [0.3, 0.4) is 0 Å². The van der Waals surface area contributed by atoms with Gasteiger partial charge in [-0.1, -0.05) is 12.1 Å². The van der Waals surface area contributed by atoms with Crippen molar-refractivity contribution in [3.8, 4) is 17.1 Å². The van der Waals surface area contributed by atoms with E-state index in [1.807, 2.05) is 0 Å². The molecule has 0 saturated carbocycles. The van der Waals surface area contributed by atoms with Crippen LogP contribution in [0.25, 0.3) is 17.1 Å². The topological polar surface area (TPSA) is 159 Å². The third kappa shape index (κ3) is 5.52. The first-order valence-corrected chi connectivity index (χ1v) is 13.2. The van der Waals surface area contributed by atoms with E-state index in [-0.39, 0.29) is 46.6 Å². The molecular weight excluding hydrogens is 673 g/mol. The molecule has 32 heavy (non-hydrogen) atoms. The molecule has 2 aromatic carbocycles. The number of hydrogen-bond acceptors (Lipinski definition) is 8. The van der Waals surface area contributed by atoms with E-state index in [0.29, 0.717) is 5.56 Å². The maximum Gasteiger partial charge on any atom is 1.00 e. The minimum absolute atomic E-state index is 0. The van der Waals surface area contributed by atoms with Crippen LogP contribution in [-0.4, -0.2) is 48.7 Å². The van der Waals surface area contributed by atoms with Crippen molar-refractivity contribution in [2.24, 2.45) is 0 Å². The molecule has 0 atom stereocenters. The number of alkyl halides is 3. The molecule has 16 heteroatoms. The third-order valence-corrected chi connectivity index (χ3v) is 9.99. The van der Waals surface area contributed by atoms with Crippen molar-refractivity contribution in [3.05, 3.63) is 54.1 Å². The second-order valence-corrected chi connectivity index (χ2v) is 17.6. The maximum atomic E-state index is 13.0. The molecule has 0 aliphatic rings. The van der Waals surface area contributed by atoms with Crippen LogP contribution in [0.4, 0.5) is 0 Å². The van der Waals surface area contributed by atoms with Crippen LogP contribution < -0.4 is 29.6 Å². The van der Waals surface area contributed by atoms with Gasteiger partial charge in [0, 0.05) is 11.3 Å². The van der Waals surface area contributed by atoms with E-state index in [0.717, 1.165) is 16.7 Å². The normalized spacial score (nSPS) is 12.2. The first-order valence-electron chi connectivity index (χ1n) is 7.90. The van der Waals surface area contributed by atoms with E-state index >= 15 is 0 Å². The van der Waals surface area contributed by atoms with Gasteiger partial charge in [0.2, 0.25) is 11.3 Å². The summed E-state index contributed by atoms with van der Waals surface area (Å²) in [5, 5.41) is 16.3. The predicted octanol–water partition coefficient (Wildman–Crippen LogP) is 0.110. The number of aromatic nitrogens is 3. The number of rotatable bonds is 5. The summed E-state index contributed by atoms with van der Waals surface area (Å²) < 4.78 is 58.9. The first-order chi connectivity index (χ1) is 14.2. The second-order valence-electron chi connectivity index (χ2n) is 5.92. The van der Waals surface area contributed by atoms with Crippen LogP contribution >= 0.6 is 47.8 Å². The van der Waals surface area contributed by atoms with Gasteiger partial charge in [-0.3, -0.25) is 4.57 Å². The average molecular weight is 682 g/mol. The molecule has 164 valence electrons. The third-order valence-electron chi connectivity index (χ3n) is 3.95. The summed E-state index contributed by atoms with van der Waals surface area (Å²) in [6, 6.07) is 9.94. The molecule has 0 bridgehead atoms. The summed E-state index contributed by atoms with van der Waals surface area (Å²) in [6.07, 6.45) is 0. The molecule has 0 aliphatic carbocycles. The quantitative estimate of drug-likeness (QED) is 0.224. The molecule has 0 unspecified atom stereocenters. The Labute approximate surface area is 229 Å². The first kappa shape index (κ1) is 27.6. The molecule has 3 rings (SSSR count). The molecular formula is C16H9Br3N3NaO7S2. The van der Waals surface area contributed by atoms with Crippen molar-refractivity contribution in [2.75, 3.05) is 0 Å². The van der Waals surface area contributed by atoms with E-state index in [1.165, 1.54) is 36.4 Å². The van der Waals surface area contributed by atoms with Gasteiger partial charge in [-0.05, 0) is 84.2 Å². The Morgan fingerprint density at radius 1 is 0.938 bits per heavy atom. The van der Waals surface area contributed by atoms with Crippen molar-refractivity contribution < 1.29 is 60.8 Å². The minimum Gasteiger partial charge on any atom is -0.744 e. The second kappa shape index (κ2) is 9.92. The largest absolute Gasteiger partial charge is 1.00 e. The van der Waals surface area contributed by atoms with Crippen LogP contribution in [0.5, 0.6) is 0 Å². The number of sulfone groups is 1. The molecule has 3 aromatic rings. The molecule has 0 radical (unpaired) electrons. The summed E-state index contributed by atoms with van der Waals surface area (Å²) in [4.78, 5) is 10.6. The number of carboxylic acids is 1. The van der Waals surface area contributed by atoms with Gasteiger partial charge in [0.15, 0.2) is 5.82 Å². The van der Waals surface area contributed by atoms with E-state index in [4.69, 9.17) is 5.11 Å². The van der Waals surface area contributed by atoms with Crippen molar-refractivity contribution in [1.29, 1.82) is 0 Å². The van der Waals surface area contributed by atoms with Gasteiger partial charge >= 0.3 is 35.5 Å². The van der Waals surface area contributed by atoms with Crippen LogP contribution in [0, 0.1) is 0 Å². The van der Waals surface area contributed by atoms with Crippen molar-refractivity contribution in [1.82, 2.24) is 14.8 Å². The summed E-state index contributed by atoms with van der Waals surface area (Å²) >= 11 is 8.85. The molecule has 1 N–H and O–H groups in total. The summed E-state index contributed by atoms with van der Waals surface area (Å²) in [6.45, 7) is 0. The number of nitrogens with zero attached hydrogens (tertiary/aromatic N) is 3. The Morgan fingerprint density at radius 3 is 1.91 bits per heavy atom. The van der Waals surface area contributed by atoms with E-state index in [1.54, 1.807) is 0 Å². The fourth-order valence-corrected chi connectivity index (χ4v) is 5.05. The van der Waals surface area contributed by atoms with Crippen LogP contribution in [0.2, 0.25) is 0 Å². The fraction of sp³-hybridized carbons (Fsp3) is 0.0625. The monoisotopic (exact) mass is 679 g/mol. The van der Waals surface area contributed by atoms with Crippen molar-refractivity contribution in [2.45, 2.75) is 11.5 Å². The minimum atomic E-state index is -4.71. The molecule has 0 spiro atoms. The van der Waals surface area contributed by atoms with Gasteiger partial charge in [-0.15, -0.1) is 10.2 Å². The Balaban J connectivity index is 0.00000363. The standard InChI is InChI=1S/C16H10Br3N3O7S2.Na/c17-16(18,19)30(25,26)15-21-20-13(9-1-3-10(4-2-9)14(23)24)22(15)11-5-7-12(8-6-11)31(27,28)29;/h1-8H,(H,23,24)(H,27,28,29);/q;+1/p-1. The molecule has 0 amide bonds. The van der Waals surface area contributed by atoms with Gasteiger partial charge < -0.3 is 9.66 Å². The Kier molecular flexibility index (Phi) is 8.55. The zero-order valence-corrected chi connectivity index (χ0v) is 24.2. The van der Waals surface area contributed by atoms with Crippen molar-refractivity contribution >= 4 is 73.7 Å². The van der Waals surface area contributed by atoms with E-state index < -0.39 is 37.5 Å². The SMILES string of the molecule is O=C(O)c1ccc(-c2nnc(S(=O)(=O)C(Br)(Br)Br)n2-c2ccc(S(=O)(=O)[O-])cc2)cc1.[Na+]. The molecule has 1 heterocycles. The average Bonchev–Trinajstić information content (AvgIpc) is 3.12. The maximum absolute atomic E-state index is 13.0. The Bertz CT molecular complexity index is 1370. The number of hydrogen-bond donors (Lipinski definition) is 1. The Hall–Kier alpha value is -0.650. The summed E-state index contributed by atoms with van der Waals surface area (Å²) in [7, 11) is -8.95. The molecule has 10 nitrogen and oxygen atoms in total. The summed E-state index contributed by atoms with van der Waals surface area (Å²) in [5.41, 5.74) is 0.488. The molecule has 0 fully saturated rings. The van der Waals surface area contributed by atoms with Gasteiger partial charge in [0.25, 0.3) is 5.16 Å². The van der Waals surface area contributed by atoms with Gasteiger partial charge in [0.05, 0.1) is 10.5 Å². The van der Waals surface area contributed by atoms with E-state index in [2.05, 4.69) is 58.0 Å². The van der Waals surface area contributed by atoms with Gasteiger partial charge in [0.1, 0.15) is 10.1 Å². The number of benzene rings is 2. The van der Waals surface area contributed by atoms with Crippen LogP contribution in [0.15, 0.2) is 58.6 Å². The summed E-state index contributed by atoms with van der Waals surface area (Å²) in [5.74, 6) is -1.11. The predicted molar refractivity (Wildman–Crippen MR) is 118 cm³/mol. The molecule has 0 aliphatic heterocycles. The number of carbonyl (C=O) groups is 1. The zero-order valence-electron chi connectivity index (χ0n) is 15.8. The van der Waals surface area contributed by atoms with E-state index in [9.17, 15) is 26.2 Å².